The summed E-state index contributed by atoms with van der Waals surface area (Å²) in [5.74, 6) is 1.10. The van der Waals surface area contributed by atoms with Crippen LogP contribution >= 0.6 is 0 Å². The molecule has 2 aromatic rings. The topological polar surface area (TPSA) is 38.8 Å². The van der Waals surface area contributed by atoms with Crippen LogP contribution in [0.25, 0.3) is 0 Å². The molecule has 31 heavy (non-hydrogen) atoms. The monoisotopic (exact) mass is 429 g/mol. The molecule has 2 rings (SSSR count). The van der Waals surface area contributed by atoms with Gasteiger partial charge in [-0.05, 0) is 74.6 Å². The smallest absolute Gasteiger partial charge is 0.157 e. The van der Waals surface area contributed by atoms with E-state index >= 15 is 0 Å². The maximum absolute atomic E-state index is 10.7. The zero-order valence-electron chi connectivity index (χ0n) is 19.9. The van der Waals surface area contributed by atoms with Crippen molar-refractivity contribution in [1.29, 1.82) is 0 Å². The number of unbranched alkanes of at least 4 members (excludes halogenated alkanes) is 2. The first-order valence-electron chi connectivity index (χ1n) is 10.9. The Morgan fingerprint density at radius 3 is 1.55 bits per heavy atom. The van der Waals surface area contributed by atoms with Crippen molar-refractivity contribution in [2.45, 2.75) is 67.7 Å². The fraction of sp³-hybridized carbons (Fsp3) is 0.519. The van der Waals surface area contributed by atoms with Crippen molar-refractivity contribution in [2.24, 2.45) is 0 Å². The second-order valence-electron chi connectivity index (χ2n) is 7.74. The molecule has 4 nitrogen and oxygen atoms in total. The zero-order valence-corrected chi connectivity index (χ0v) is 19.9. The standard InChI is InChI=1S/C16H27N.C10H12O3.CH4/c1-5-7-9-17(10-8-6-2)16-12-14(3)11-15(4)13-16;1-7-4-9(12-2)8(6-11)10(5-7)13-3;/h11-13H,5-10H2,1-4H3;4-6H,1-3H3;1H4. The Kier molecular flexibility index (Phi) is 14.1. The first kappa shape index (κ1) is 28.5. The number of aryl methyl sites for hydroxylation is 3. The van der Waals surface area contributed by atoms with Gasteiger partial charge >= 0.3 is 0 Å². The number of carbonyl (C=O) groups is 1. The summed E-state index contributed by atoms with van der Waals surface area (Å²) in [6.07, 6.45) is 5.85. The minimum atomic E-state index is 0. The van der Waals surface area contributed by atoms with Crippen molar-refractivity contribution in [3.63, 3.8) is 0 Å². The lowest BCUT2D eigenvalue weighted by Gasteiger charge is -2.25. The second-order valence-corrected chi connectivity index (χ2v) is 7.74. The van der Waals surface area contributed by atoms with Crippen LogP contribution in [-0.2, 0) is 0 Å². The molecule has 0 aliphatic rings. The first-order chi connectivity index (χ1) is 14.4. The third kappa shape index (κ3) is 9.46. The molecule has 0 saturated carbocycles. The summed E-state index contributed by atoms with van der Waals surface area (Å²) in [6.45, 7) is 13.2. The van der Waals surface area contributed by atoms with Crippen LogP contribution in [0.1, 0.15) is 74.0 Å². The third-order valence-electron chi connectivity index (χ3n) is 4.94. The van der Waals surface area contributed by atoms with Crippen molar-refractivity contribution in [3.8, 4) is 11.5 Å². The van der Waals surface area contributed by atoms with E-state index in [9.17, 15) is 4.79 Å². The van der Waals surface area contributed by atoms with E-state index in [1.54, 1.807) is 12.1 Å². The number of nitrogens with zero attached hydrogens (tertiary/aromatic N) is 1. The van der Waals surface area contributed by atoms with Gasteiger partial charge in [0.15, 0.2) is 6.29 Å². The molecule has 0 aliphatic heterocycles. The van der Waals surface area contributed by atoms with Crippen LogP contribution < -0.4 is 14.4 Å². The summed E-state index contributed by atoms with van der Waals surface area (Å²) in [4.78, 5) is 13.3. The Morgan fingerprint density at radius 2 is 1.19 bits per heavy atom. The van der Waals surface area contributed by atoms with Gasteiger partial charge in [-0.1, -0.05) is 40.2 Å². The Hall–Kier alpha value is -2.49. The number of aldehydes is 1. The van der Waals surface area contributed by atoms with E-state index < -0.39 is 0 Å². The summed E-state index contributed by atoms with van der Waals surface area (Å²) in [5.41, 5.74) is 5.61. The van der Waals surface area contributed by atoms with Crippen LogP contribution in [0.4, 0.5) is 5.69 Å². The molecule has 0 aliphatic carbocycles. The number of hydrogen-bond donors (Lipinski definition) is 0. The lowest BCUT2D eigenvalue weighted by molar-refractivity contribution is 0.111. The molecule has 4 heteroatoms. The van der Waals surface area contributed by atoms with Gasteiger partial charge in [0.05, 0.1) is 19.8 Å². The lowest BCUT2D eigenvalue weighted by Crippen LogP contribution is -2.25. The van der Waals surface area contributed by atoms with E-state index in [2.05, 4.69) is 50.8 Å². The van der Waals surface area contributed by atoms with Gasteiger partial charge in [0, 0.05) is 18.8 Å². The van der Waals surface area contributed by atoms with Gasteiger partial charge in [-0.15, -0.1) is 0 Å². The molecule has 0 amide bonds. The molecule has 0 atom stereocenters. The number of carbonyl (C=O) groups excluding carboxylic acids is 1. The van der Waals surface area contributed by atoms with E-state index in [1.807, 2.05) is 6.92 Å². The molecule has 2 aromatic carbocycles. The zero-order chi connectivity index (χ0) is 22.5. The molecule has 0 N–H and O–H groups in total. The van der Waals surface area contributed by atoms with E-state index in [0.29, 0.717) is 17.1 Å². The second kappa shape index (κ2) is 15.3. The van der Waals surface area contributed by atoms with Gasteiger partial charge in [-0.3, -0.25) is 4.79 Å². The van der Waals surface area contributed by atoms with E-state index in [-0.39, 0.29) is 7.43 Å². The van der Waals surface area contributed by atoms with Gasteiger partial charge in [-0.2, -0.15) is 0 Å². The van der Waals surface area contributed by atoms with Crippen molar-refractivity contribution in [1.82, 2.24) is 0 Å². The highest BCUT2D eigenvalue weighted by Gasteiger charge is 2.09. The normalized spacial score (nSPS) is 9.77. The van der Waals surface area contributed by atoms with Crippen LogP contribution in [-0.4, -0.2) is 33.6 Å². The molecule has 174 valence electrons. The molecule has 0 aromatic heterocycles. The molecule has 0 saturated heterocycles. The average Bonchev–Trinajstić information content (AvgIpc) is 2.72. The van der Waals surface area contributed by atoms with Crippen molar-refractivity contribution in [2.75, 3.05) is 32.2 Å². The van der Waals surface area contributed by atoms with Crippen molar-refractivity contribution < 1.29 is 14.3 Å². The van der Waals surface area contributed by atoms with Crippen LogP contribution in [0.5, 0.6) is 11.5 Å². The molecular weight excluding hydrogens is 386 g/mol. The Bertz CT molecular complexity index is 733. The highest BCUT2D eigenvalue weighted by molar-refractivity contribution is 5.84. The quantitative estimate of drug-likeness (QED) is 0.375. The number of anilines is 1. The van der Waals surface area contributed by atoms with Gasteiger partial charge < -0.3 is 14.4 Å². The van der Waals surface area contributed by atoms with Gasteiger partial charge in [0.25, 0.3) is 0 Å². The summed E-state index contributed by atoms with van der Waals surface area (Å²) in [6, 6.07) is 10.5. The molecule has 0 heterocycles. The number of hydrogen-bond acceptors (Lipinski definition) is 4. The molecule has 0 unspecified atom stereocenters. The summed E-state index contributed by atoms with van der Waals surface area (Å²) in [7, 11) is 3.06. The molecule has 0 radical (unpaired) electrons. The molecule has 0 fully saturated rings. The number of methoxy groups -OCH3 is 2. The summed E-state index contributed by atoms with van der Waals surface area (Å²) >= 11 is 0. The summed E-state index contributed by atoms with van der Waals surface area (Å²) in [5, 5.41) is 0. The number of rotatable bonds is 10. The first-order valence-corrected chi connectivity index (χ1v) is 10.9. The van der Waals surface area contributed by atoms with Gasteiger partial charge in [0.2, 0.25) is 0 Å². The number of ether oxygens (including phenoxy) is 2. The minimum Gasteiger partial charge on any atom is -0.496 e. The Balaban J connectivity index is 0.000000581. The fourth-order valence-electron chi connectivity index (χ4n) is 3.39. The Labute approximate surface area is 190 Å². The fourth-order valence-corrected chi connectivity index (χ4v) is 3.39. The van der Waals surface area contributed by atoms with Crippen LogP contribution in [0, 0.1) is 20.8 Å². The number of benzene rings is 2. The van der Waals surface area contributed by atoms with E-state index in [0.717, 1.165) is 11.8 Å². The predicted molar refractivity (Wildman–Crippen MR) is 134 cm³/mol. The van der Waals surface area contributed by atoms with E-state index in [1.165, 1.54) is 69.8 Å². The summed E-state index contributed by atoms with van der Waals surface area (Å²) < 4.78 is 10.1. The Morgan fingerprint density at radius 1 is 0.774 bits per heavy atom. The van der Waals surface area contributed by atoms with Crippen molar-refractivity contribution >= 4 is 12.0 Å². The van der Waals surface area contributed by atoms with Gasteiger partial charge in [0.1, 0.15) is 11.5 Å². The largest absolute Gasteiger partial charge is 0.496 e. The van der Waals surface area contributed by atoms with Crippen LogP contribution in [0.15, 0.2) is 30.3 Å². The van der Waals surface area contributed by atoms with E-state index in [4.69, 9.17) is 9.47 Å². The molecule has 0 spiro atoms. The maximum atomic E-state index is 10.7. The third-order valence-corrected chi connectivity index (χ3v) is 4.94. The van der Waals surface area contributed by atoms with Gasteiger partial charge in [-0.25, -0.2) is 0 Å². The molecule has 0 bridgehead atoms. The highest BCUT2D eigenvalue weighted by atomic mass is 16.5. The van der Waals surface area contributed by atoms with Crippen LogP contribution in [0.2, 0.25) is 0 Å². The maximum Gasteiger partial charge on any atom is 0.157 e. The minimum absolute atomic E-state index is 0. The highest BCUT2D eigenvalue weighted by Crippen LogP contribution is 2.28. The van der Waals surface area contributed by atoms with Crippen LogP contribution in [0.3, 0.4) is 0 Å². The lowest BCUT2D eigenvalue weighted by atomic mass is 10.1. The molecular formula is C27H43NO3. The SMILES string of the molecule is C.CCCCN(CCCC)c1cc(C)cc(C)c1.COc1cc(C)cc(OC)c1C=O. The average molecular weight is 430 g/mol. The van der Waals surface area contributed by atoms with Crippen molar-refractivity contribution in [3.05, 3.63) is 52.6 Å². The predicted octanol–water partition coefficient (Wildman–Crippen LogP) is 7.17.